The number of carbonyl (C=O) groups excluding carboxylic acids is 1. The predicted molar refractivity (Wildman–Crippen MR) is 102 cm³/mol. The van der Waals surface area contributed by atoms with Crippen molar-refractivity contribution in [3.63, 3.8) is 0 Å². The van der Waals surface area contributed by atoms with Crippen molar-refractivity contribution >= 4 is 33.5 Å². The summed E-state index contributed by atoms with van der Waals surface area (Å²) in [6.45, 7) is 1.54. The van der Waals surface area contributed by atoms with E-state index in [1.165, 1.54) is 6.92 Å². The third-order valence-corrected chi connectivity index (χ3v) is 4.09. The molecule has 2 aromatic heterocycles. The van der Waals surface area contributed by atoms with Gasteiger partial charge in [0.25, 0.3) is 5.56 Å². The van der Waals surface area contributed by atoms with Gasteiger partial charge in [-0.05, 0) is 36.2 Å². The van der Waals surface area contributed by atoms with E-state index in [1.807, 2.05) is 42.5 Å². The third kappa shape index (κ3) is 3.30. The monoisotopic (exact) mass is 348 g/mol. The molecule has 6 nitrogen and oxygen atoms in total. The van der Waals surface area contributed by atoms with E-state index >= 15 is 0 Å². The van der Waals surface area contributed by atoms with Crippen LogP contribution in [0, 0.1) is 0 Å². The van der Waals surface area contributed by atoms with Crippen molar-refractivity contribution in [1.29, 1.82) is 0 Å². The van der Waals surface area contributed by atoms with Gasteiger partial charge in [0.15, 0.2) is 0 Å². The van der Waals surface area contributed by atoms with Gasteiger partial charge in [0.05, 0.1) is 0 Å². The summed E-state index contributed by atoms with van der Waals surface area (Å²) in [6.07, 6.45) is 1.89. The van der Waals surface area contributed by atoms with Crippen LogP contribution in [0.2, 0.25) is 0 Å². The van der Waals surface area contributed by atoms with E-state index in [0.717, 1.165) is 33.1 Å². The molecule has 0 bridgehead atoms. The molecule has 0 atom stereocenters. The predicted octanol–water partition coefficient (Wildman–Crippen LogP) is 2.40. The molecule has 0 fully saturated rings. The van der Waals surface area contributed by atoms with Crippen LogP contribution in [0.1, 0.15) is 13.3 Å². The summed E-state index contributed by atoms with van der Waals surface area (Å²) in [5.41, 5.74) is 10.1. The molecule has 0 radical (unpaired) electrons. The largest absolute Gasteiger partial charge is 0.550 e. The minimum absolute atomic E-state index is 0.102. The Kier molecular flexibility index (Phi) is 4.75. The summed E-state index contributed by atoms with van der Waals surface area (Å²) in [5.74, 6) is -0.995. The number of carbonyl (C=O) groups is 1. The first-order valence-electron chi connectivity index (χ1n) is 8.19. The van der Waals surface area contributed by atoms with Crippen molar-refractivity contribution in [1.82, 2.24) is 9.97 Å². The quantitative estimate of drug-likeness (QED) is 0.482. The normalized spacial score (nSPS) is 10.5. The maximum Gasteiger partial charge on any atom is 0.272 e. The van der Waals surface area contributed by atoms with Crippen molar-refractivity contribution in [2.45, 2.75) is 13.3 Å². The molecule has 0 aliphatic heterocycles. The van der Waals surface area contributed by atoms with Gasteiger partial charge < -0.3 is 25.6 Å². The molecule has 4 N–H and O–H groups in total. The number of hydrogen-bond donors (Lipinski definition) is 3. The number of benzene rings is 2. The lowest BCUT2D eigenvalue weighted by atomic mass is 10.0. The highest BCUT2D eigenvalue weighted by atomic mass is 16.4. The Morgan fingerprint density at radius 3 is 2.54 bits per heavy atom. The van der Waals surface area contributed by atoms with Gasteiger partial charge in [-0.15, -0.1) is 0 Å². The zero-order chi connectivity index (χ0) is 18.7. The van der Waals surface area contributed by atoms with Gasteiger partial charge in [-0.1, -0.05) is 31.2 Å². The SMILES string of the molecule is CCC(=O)[O-].Nc1ccccc1-c1ccc2[nH]c(=O)c3[nH]ccc3c2c1. The topological polar surface area (TPSA) is 115 Å². The molecule has 0 saturated carbocycles. The zero-order valence-corrected chi connectivity index (χ0v) is 14.2. The van der Waals surface area contributed by atoms with Crippen LogP contribution in [-0.2, 0) is 4.79 Å². The second-order valence-corrected chi connectivity index (χ2v) is 5.79. The van der Waals surface area contributed by atoms with Crippen LogP contribution in [0.25, 0.3) is 32.9 Å². The Balaban J connectivity index is 0.000000349. The fraction of sp³-hybridized carbons (Fsp3) is 0.100. The first-order chi connectivity index (χ1) is 12.5. The van der Waals surface area contributed by atoms with E-state index in [0.29, 0.717) is 5.52 Å². The lowest BCUT2D eigenvalue weighted by Crippen LogP contribution is -2.19. The number of aromatic nitrogens is 2. The van der Waals surface area contributed by atoms with Crippen molar-refractivity contribution in [3.8, 4) is 11.1 Å². The molecule has 0 aliphatic carbocycles. The summed E-state index contributed by atoms with van der Waals surface area (Å²) in [5, 5.41) is 11.2. The van der Waals surface area contributed by atoms with Crippen molar-refractivity contribution in [3.05, 3.63) is 65.1 Å². The molecule has 2 heterocycles. The molecule has 4 aromatic rings. The second kappa shape index (κ2) is 7.14. The van der Waals surface area contributed by atoms with E-state index in [1.54, 1.807) is 6.20 Å². The molecule has 132 valence electrons. The number of rotatable bonds is 2. The third-order valence-electron chi connectivity index (χ3n) is 4.09. The van der Waals surface area contributed by atoms with Crippen LogP contribution in [0.4, 0.5) is 5.69 Å². The Morgan fingerprint density at radius 2 is 1.85 bits per heavy atom. The van der Waals surface area contributed by atoms with Gasteiger partial charge in [-0.3, -0.25) is 4.79 Å². The Hall–Kier alpha value is -3.54. The van der Waals surface area contributed by atoms with Crippen LogP contribution >= 0.6 is 0 Å². The van der Waals surface area contributed by atoms with Crippen LogP contribution in [0.15, 0.2) is 59.5 Å². The van der Waals surface area contributed by atoms with Gasteiger partial charge in [0.2, 0.25) is 0 Å². The van der Waals surface area contributed by atoms with Crippen LogP contribution < -0.4 is 16.4 Å². The fourth-order valence-corrected chi connectivity index (χ4v) is 2.77. The number of carboxylic acid groups (broad SMARTS) is 1. The Morgan fingerprint density at radius 1 is 1.12 bits per heavy atom. The molecule has 6 heteroatoms. The fourth-order valence-electron chi connectivity index (χ4n) is 2.77. The molecule has 26 heavy (non-hydrogen) atoms. The lowest BCUT2D eigenvalue weighted by Gasteiger charge is -2.07. The summed E-state index contributed by atoms with van der Waals surface area (Å²) in [6, 6.07) is 15.6. The highest BCUT2D eigenvalue weighted by molar-refractivity contribution is 6.05. The molecule has 0 spiro atoms. The Bertz CT molecular complexity index is 1140. The first kappa shape index (κ1) is 17.3. The summed E-state index contributed by atoms with van der Waals surface area (Å²) in [4.78, 5) is 27.1. The molecule has 0 unspecified atom stereocenters. The zero-order valence-electron chi connectivity index (χ0n) is 14.2. The number of H-pyrrole nitrogens is 2. The number of aromatic amines is 2. The van der Waals surface area contributed by atoms with Crippen molar-refractivity contribution < 1.29 is 9.90 Å². The van der Waals surface area contributed by atoms with Gasteiger partial charge in [0, 0.05) is 39.7 Å². The number of hydrogen-bond acceptors (Lipinski definition) is 4. The number of para-hydroxylation sites is 1. The first-order valence-corrected chi connectivity index (χ1v) is 8.19. The average molecular weight is 348 g/mol. The minimum Gasteiger partial charge on any atom is -0.550 e. The summed E-state index contributed by atoms with van der Waals surface area (Å²) in [7, 11) is 0. The van der Waals surface area contributed by atoms with Gasteiger partial charge in [-0.2, -0.15) is 0 Å². The number of nitrogens with two attached hydrogens (primary N) is 1. The van der Waals surface area contributed by atoms with E-state index in [2.05, 4.69) is 16.0 Å². The standard InChI is InChI=1S/C17H13N3O.C3H6O2/c18-14-4-2-1-3-11(14)10-5-6-15-13(9-10)12-7-8-19-16(12)17(21)20-15;1-2-3(4)5/h1-9,19H,18H2,(H,20,21);2H2,1H3,(H,4,5)/p-1. The molecular formula is C20H18N3O3-. The van der Waals surface area contributed by atoms with E-state index in [-0.39, 0.29) is 12.0 Å². The molecule has 0 amide bonds. The van der Waals surface area contributed by atoms with E-state index < -0.39 is 5.97 Å². The number of fused-ring (bicyclic) bond motifs is 3. The van der Waals surface area contributed by atoms with Gasteiger partial charge in [0.1, 0.15) is 5.52 Å². The van der Waals surface area contributed by atoms with E-state index in [4.69, 9.17) is 5.73 Å². The van der Waals surface area contributed by atoms with Crippen LogP contribution in [-0.4, -0.2) is 15.9 Å². The molecule has 0 aliphatic rings. The number of nitrogen functional groups attached to an aromatic ring is 1. The smallest absolute Gasteiger partial charge is 0.272 e. The van der Waals surface area contributed by atoms with Crippen molar-refractivity contribution in [2.24, 2.45) is 0 Å². The van der Waals surface area contributed by atoms with Gasteiger partial charge in [-0.25, -0.2) is 0 Å². The van der Waals surface area contributed by atoms with Crippen LogP contribution in [0.3, 0.4) is 0 Å². The number of anilines is 1. The number of aliphatic carboxylic acids is 1. The van der Waals surface area contributed by atoms with E-state index in [9.17, 15) is 14.7 Å². The minimum atomic E-state index is -0.995. The highest BCUT2D eigenvalue weighted by Crippen LogP contribution is 2.30. The second-order valence-electron chi connectivity index (χ2n) is 5.79. The lowest BCUT2D eigenvalue weighted by molar-refractivity contribution is -0.305. The van der Waals surface area contributed by atoms with Gasteiger partial charge >= 0.3 is 0 Å². The summed E-state index contributed by atoms with van der Waals surface area (Å²) >= 11 is 0. The maximum atomic E-state index is 12.0. The maximum absolute atomic E-state index is 12.0. The summed E-state index contributed by atoms with van der Waals surface area (Å²) < 4.78 is 0. The molecule has 4 rings (SSSR count). The molecular weight excluding hydrogens is 330 g/mol. The number of pyridine rings is 1. The number of nitrogens with one attached hydrogen (secondary N) is 2. The molecule has 0 saturated heterocycles. The van der Waals surface area contributed by atoms with Crippen LogP contribution in [0.5, 0.6) is 0 Å². The van der Waals surface area contributed by atoms with Crippen molar-refractivity contribution in [2.75, 3.05) is 5.73 Å². The average Bonchev–Trinajstić information content (AvgIpc) is 3.13. The molecule has 2 aromatic carbocycles. The highest BCUT2D eigenvalue weighted by Gasteiger charge is 2.08. The number of carboxylic acids is 1. The Labute approximate surface area is 149 Å².